The Hall–Kier alpha value is -3.26. The van der Waals surface area contributed by atoms with Crippen molar-refractivity contribution in [3.63, 3.8) is 0 Å². The second-order valence-electron chi connectivity index (χ2n) is 5.64. The Morgan fingerprint density at radius 3 is 2.73 bits per heavy atom. The van der Waals surface area contributed by atoms with Crippen molar-refractivity contribution in [2.75, 3.05) is 5.32 Å². The largest absolute Gasteiger partial charge is 0.317 e. The smallest absolute Gasteiger partial charge is 0.250 e. The topological polar surface area (TPSA) is 76.8 Å². The number of para-hydroxylation sites is 1. The van der Waals surface area contributed by atoms with Crippen LogP contribution in [0.4, 0.5) is 5.82 Å². The van der Waals surface area contributed by atoms with Gasteiger partial charge in [0.2, 0.25) is 5.91 Å². The number of hydrogen-bond acceptors (Lipinski definition) is 4. The molecule has 26 heavy (non-hydrogen) atoms. The van der Waals surface area contributed by atoms with Crippen LogP contribution in [0.1, 0.15) is 11.3 Å². The van der Waals surface area contributed by atoms with Crippen molar-refractivity contribution < 1.29 is 4.79 Å². The Bertz CT molecular complexity index is 957. The third-order valence-electron chi connectivity index (χ3n) is 3.46. The fraction of sp³-hybridized carbons (Fsp3) is 0.111. The Morgan fingerprint density at radius 2 is 2.04 bits per heavy atom. The number of benzene rings is 1. The lowest BCUT2D eigenvalue weighted by molar-refractivity contribution is -0.115. The molecule has 132 valence electrons. The summed E-state index contributed by atoms with van der Waals surface area (Å²) in [5.41, 5.74) is 2.56. The quantitative estimate of drug-likeness (QED) is 0.548. The average Bonchev–Trinajstić information content (AvgIpc) is 3.19. The Morgan fingerprint density at radius 1 is 1.27 bits per heavy atom. The molecule has 0 aliphatic heterocycles. The highest BCUT2D eigenvalue weighted by Crippen LogP contribution is 2.16. The summed E-state index contributed by atoms with van der Waals surface area (Å²) in [6.07, 6.45) is 6.55. The Kier molecular flexibility index (Phi) is 5.23. The SMILES string of the molecule is Cc1cc(NC(=S)NC(=O)C=Cc2cnn(C)c2)n(-c2ccccc2)n1. The van der Waals surface area contributed by atoms with Crippen molar-refractivity contribution in [1.29, 1.82) is 0 Å². The van der Waals surface area contributed by atoms with Crippen molar-refractivity contribution in [2.45, 2.75) is 6.92 Å². The zero-order valence-corrected chi connectivity index (χ0v) is 15.2. The zero-order chi connectivity index (χ0) is 18.5. The van der Waals surface area contributed by atoms with E-state index in [2.05, 4.69) is 20.8 Å². The van der Waals surface area contributed by atoms with Crippen LogP contribution >= 0.6 is 12.2 Å². The third kappa shape index (κ3) is 4.42. The number of aromatic nitrogens is 4. The van der Waals surface area contributed by atoms with Gasteiger partial charge in [-0.1, -0.05) is 18.2 Å². The average molecular weight is 366 g/mol. The van der Waals surface area contributed by atoms with Crippen LogP contribution in [0, 0.1) is 6.92 Å². The molecule has 0 atom stereocenters. The molecule has 1 amide bonds. The summed E-state index contributed by atoms with van der Waals surface area (Å²) in [4.78, 5) is 12.0. The first-order valence-electron chi connectivity index (χ1n) is 7.92. The van der Waals surface area contributed by atoms with Gasteiger partial charge in [-0.2, -0.15) is 10.2 Å². The van der Waals surface area contributed by atoms with Gasteiger partial charge in [0, 0.05) is 31.0 Å². The van der Waals surface area contributed by atoms with E-state index in [1.165, 1.54) is 6.08 Å². The van der Waals surface area contributed by atoms with Gasteiger partial charge in [-0.15, -0.1) is 0 Å². The predicted octanol–water partition coefficient (Wildman–Crippen LogP) is 2.44. The molecule has 0 saturated carbocycles. The van der Waals surface area contributed by atoms with Gasteiger partial charge in [0.25, 0.3) is 0 Å². The van der Waals surface area contributed by atoms with Crippen molar-refractivity contribution in [3.05, 3.63) is 66.1 Å². The molecule has 3 rings (SSSR count). The van der Waals surface area contributed by atoms with E-state index in [9.17, 15) is 4.79 Å². The van der Waals surface area contributed by atoms with Gasteiger partial charge in [-0.25, -0.2) is 4.68 Å². The monoisotopic (exact) mass is 366 g/mol. The standard InChI is InChI=1S/C18H18N6OS/c1-13-10-16(24(22-13)15-6-4-3-5-7-15)20-18(26)21-17(25)9-8-14-11-19-23(2)12-14/h3-12H,1-2H3,(H2,20,21,25,26). The zero-order valence-electron chi connectivity index (χ0n) is 14.4. The first-order valence-corrected chi connectivity index (χ1v) is 8.33. The molecular formula is C18H18N6OS. The molecule has 2 heterocycles. The summed E-state index contributed by atoms with van der Waals surface area (Å²) in [5.74, 6) is 0.351. The van der Waals surface area contributed by atoms with Crippen LogP contribution in [0.3, 0.4) is 0 Å². The van der Waals surface area contributed by atoms with E-state index >= 15 is 0 Å². The lowest BCUT2D eigenvalue weighted by Gasteiger charge is -2.10. The number of anilines is 1. The van der Waals surface area contributed by atoms with Crippen LogP contribution in [0.25, 0.3) is 11.8 Å². The molecule has 2 aromatic heterocycles. The molecule has 1 aromatic carbocycles. The van der Waals surface area contributed by atoms with Gasteiger partial charge in [-0.3, -0.25) is 14.8 Å². The minimum atomic E-state index is -0.325. The highest BCUT2D eigenvalue weighted by Gasteiger charge is 2.10. The van der Waals surface area contributed by atoms with E-state index in [0.29, 0.717) is 5.82 Å². The molecule has 0 spiro atoms. The summed E-state index contributed by atoms with van der Waals surface area (Å²) < 4.78 is 3.40. The number of amides is 1. The van der Waals surface area contributed by atoms with E-state index in [1.54, 1.807) is 21.6 Å². The summed E-state index contributed by atoms with van der Waals surface area (Å²) in [6, 6.07) is 11.5. The lowest BCUT2D eigenvalue weighted by atomic mass is 10.3. The number of hydrogen-bond donors (Lipinski definition) is 2. The van der Waals surface area contributed by atoms with Crippen LogP contribution < -0.4 is 10.6 Å². The number of carbonyl (C=O) groups excluding carboxylic acids is 1. The predicted molar refractivity (Wildman–Crippen MR) is 105 cm³/mol. The van der Waals surface area contributed by atoms with Crippen LogP contribution in [-0.2, 0) is 11.8 Å². The summed E-state index contributed by atoms with van der Waals surface area (Å²) in [7, 11) is 1.81. The molecule has 0 fully saturated rings. The van der Waals surface area contributed by atoms with Gasteiger partial charge < -0.3 is 5.32 Å². The molecule has 0 aliphatic carbocycles. The fourth-order valence-electron chi connectivity index (χ4n) is 2.35. The maximum Gasteiger partial charge on any atom is 0.250 e. The van der Waals surface area contributed by atoms with Gasteiger partial charge in [0.15, 0.2) is 5.11 Å². The van der Waals surface area contributed by atoms with Gasteiger partial charge >= 0.3 is 0 Å². The van der Waals surface area contributed by atoms with Gasteiger partial charge in [-0.05, 0) is 37.4 Å². The second kappa shape index (κ2) is 7.75. The van der Waals surface area contributed by atoms with E-state index in [-0.39, 0.29) is 11.0 Å². The molecule has 3 aromatic rings. The Balaban J connectivity index is 1.65. The molecule has 0 aliphatic rings. The summed E-state index contributed by atoms with van der Waals surface area (Å²) >= 11 is 5.23. The number of nitrogens with zero attached hydrogens (tertiary/aromatic N) is 4. The first-order chi connectivity index (χ1) is 12.5. The fourth-order valence-corrected chi connectivity index (χ4v) is 2.56. The minimum absolute atomic E-state index is 0.197. The minimum Gasteiger partial charge on any atom is -0.317 e. The molecule has 0 bridgehead atoms. The van der Waals surface area contributed by atoms with Crippen molar-refractivity contribution in [2.24, 2.45) is 7.05 Å². The summed E-state index contributed by atoms with van der Waals surface area (Å²) in [5, 5.41) is 14.3. The van der Waals surface area contributed by atoms with Gasteiger partial charge in [0.05, 0.1) is 17.6 Å². The second-order valence-corrected chi connectivity index (χ2v) is 6.05. The lowest BCUT2D eigenvalue weighted by Crippen LogP contribution is -2.33. The van der Waals surface area contributed by atoms with E-state index in [0.717, 1.165) is 16.9 Å². The number of thiocarbonyl (C=S) groups is 1. The molecule has 7 nitrogen and oxygen atoms in total. The molecule has 0 unspecified atom stereocenters. The molecule has 0 radical (unpaired) electrons. The number of carbonyl (C=O) groups is 1. The Labute approximate surface area is 156 Å². The number of aryl methyl sites for hydroxylation is 2. The van der Waals surface area contributed by atoms with Crippen molar-refractivity contribution >= 4 is 35.1 Å². The van der Waals surface area contributed by atoms with E-state index < -0.39 is 0 Å². The van der Waals surface area contributed by atoms with E-state index in [4.69, 9.17) is 12.2 Å². The molecular weight excluding hydrogens is 348 g/mol. The molecule has 8 heteroatoms. The van der Waals surface area contributed by atoms with Crippen molar-refractivity contribution in [3.8, 4) is 5.69 Å². The molecule has 2 N–H and O–H groups in total. The molecule has 0 saturated heterocycles. The maximum absolute atomic E-state index is 12.0. The third-order valence-corrected chi connectivity index (χ3v) is 3.67. The maximum atomic E-state index is 12.0. The number of rotatable bonds is 4. The summed E-state index contributed by atoms with van der Waals surface area (Å²) in [6.45, 7) is 1.89. The van der Waals surface area contributed by atoms with Crippen LogP contribution in [0.5, 0.6) is 0 Å². The van der Waals surface area contributed by atoms with Crippen LogP contribution in [-0.4, -0.2) is 30.6 Å². The van der Waals surface area contributed by atoms with E-state index in [1.807, 2.05) is 56.6 Å². The first kappa shape index (κ1) is 17.6. The van der Waals surface area contributed by atoms with Crippen molar-refractivity contribution in [1.82, 2.24) is 24.9 Å². The normalized spacial score (nSPS) is 10.8. The highest BCUT2D eigenvalue weighted by atomic mass is 32.1. The van der Waals surface area contributed by atoms with Gasteiger partial charge in [0.1, 0.15) is 5.82 Å². The van der Waals surface area contributed by atoms with Crippen LogP contribution in [0.2, 0.25) is 0 Å². The van der Waals surface area contributed by atoms with Crippen LogP contribution in [0.15, 0.2) is 54.9 Å². The number of nitrogens with one attached hydrogen (secondary N) is 2. The highest BCUT2D eigenvalue weighted by molar-refractivity contribution is 7.80.